The molecule has 2 heterocycles. The van der Waals surface area contributed by atoms with Gasteiger partial charge in [-0.05, 0) is 24.6 Å². The van der Waals surface area contributed by atoms with Crippen molar-refractivity contribution in [1.29, 1.82) is 0 Å². The highest BCUT2D eigenvalue weighted by atomic mass is 16.6. The van der Waals surface area contributed by atoms with E-state index in [2.05, 4.69) is 0 Å². The zero-order valence-electron chi connectivity index (χ0n) is 15.1. The fraction of sp³-hybridized carbons (Fsp3) is 0.400. The number of hydrogen-bond donors (Lipinski definition) is 0. The number of epoxide rings is 1. The van der Waals surface area contributed by atoms with Gasteiger partial charge in [-0.3, -0.25) is 4.79 Å². The van der Waals surface area contributed by atoms with Crippen molar-refractivity contribution >= 4 is 11.8 Å². The van der Waals surface area contributed by atoms with E-state index in [1.807, 2.05) is 13.0 Å². The second-order valence-corrected chi connectivity index (χ2v) is 6.34. The van der Waals surface area contributed by atoms with Crippen LogP contribution in [0.1, 0.15) is 29.3 Å². The third-order valence-corrected chi connectivity index (χ3v) is 4.37. The van der Waals surface area contributed by atoms with Crippen molar-refractivity contribution < 1.29 is 28.5 Å². The van der Waals surface area contributed by atoms with Gasteiger partial charge in [0.05, 0.1) is 20.3 Å². The predicted molar refractivity (Wildman–Crippen MR) is 94.7 cm³/mol. The van der Waals surface area contributed by atoms with Crippen molar-refractivity contribution in [2.75, 3.05) is 14.2 Å². The number of carbonyl (C=O) groups is 2. The molecule has 0 saturated carbocycles. The van der Waals surface area contributed by atoms with Crippen molar-refractivity contribution in [1.82, 2.24) is 0 Å². The van der Waals surface area contributed by atoms with Crippen molar-refractivity contribution in [2.24, 2.45) is 0 Å². The van der Waals surface area contributed by atoms with Gasteiger partial charge >= 0.3 is 5.97 Å². The Hall–Kier alpha value is -2.60. The summed E-state index contributed by atoms with van der Waals surface area (Å²) in [6.45, 7) is 1.83. The lowest BCUT2D eigenvalue weighted by Gasteiger charge is -2.17. The fourth-order valence-corrected chi connectivity index (χ4v) is 3.01. The Kier molecular flexibility index (Phi) is 5.42. The third-order valence-electron chi connectivity index (χ3n) is 4.37. The van der Waals surface area contributed by atoms with Gasteiger partial charge in [0.25, 0.3) is 0 Å². The first kappa shape index (κ1) is 18.2. The quantitative estimate of drug-likeness (QED) is 0.598. The summed E-state index contributed by atoms with van der Waals surface area (Å²) in [4.78, 5) is 25.1. The van der Waals surface area contributed by atoms with Gasteiger partial charge in [0.1, 0.15) is 29.3 Å². The molecule has 6 heteroatoms. The summed E-state index contributed by atoms with van der Waals surface area (Å²) in [5.74, 6) is 0.167. The molecule has 26 heavy (non-hydrogen) atoms. The summed E-state index contributed by atoms with van der Waals surface area (Å²) in [5.41, 5.74) is 0.761. The maximum atomic E-state index is 12.8. The molecule has 0 unspecified atom stereocenters. The van der Waals surface area contributed by atoms with Crippen molar-refractivity contribution in [2.45, 2.75) is 38.1 Å². The van der Waals surface area contributed by atoms with E-state index in [0.29, 0.717) is 23.5 Å². The normalized spacial score (nSPS) is 28.0. The SMILES string of the molecule is COc1cc2c(c(OC)c1)C(=O)O[C@H](C)C[C@@H]1O[C@H]1/C=C\C=C\C(=O)C2. The number of fused-ring (bicyclic) bond motifs is 2. The molecule has 0 spiro atoms. The van der Waals surface area contributed by atoms with Crippen LogP contribution in [0, 0.1) is 0 Å². The van der Waals surface area contributed by atoms with Gasteiger partial charge in [0.15, 0.2) is 5.78 Å². The van der Waals surface area contributed by atoms with Crippen LogP contribution in [0.5, 0.6) is 11.5 Å². The van der Waals surface area contributed by atoms with E-state index in [9.17, 15) is 9.59 Å². The summed E-state index contributed by atoms with van der Waals surface area (Å²) < 4.78 is 21.7. The monoisotopic (exact) mass is 358 g/mol. The number of allylic oxidation sites excluding steroid dienone is 3. The Morgan fingerprint density at radius 1 is 1.12 bits per heavy atom. The molecule has 2 aliphatic rings. The summed E-state index contributed by atoms with van der Waals surface area (Å²) in [6.07, 6.45) is 7.22. The molecule has 0 bridgehead atoms. The molecule has 1 fully saturated rings. The Bertz CT molecular complexity index is 764. The zero-order valence-corrected chi connectivity index (χ0v) is 15.1. The van der Waals surface area contributed by atoms with Gasteiger partial charge in [-0.1, -0.05) is 18.2 Å². The Balaban J connectivity index is 2.00. The average Bonchev–Trinajstić information content (AvgIpc) is 3.34. The first-order valence-electron chi connectivity index (χ1n) is 8.51. The molecule has 1 aromatic rings. The molecule has 0 radical (unpaired) electrons. The first-order chi connectivity index (χ1) is 12.5. The summed E-state index contributed by atoms with van der Waals surface area (Å²) in [7, 11) is 2.98. The lowest BCUT2D eigenvalue weighted by atomic mass is 10.00. The van der Waals surface area contributed by atoms with Gasteiger partial charge in [-0.2, -0.15) is 0 Å². The lowest BCUT2D eigenvalue weighted by Crippen LogP contribution is -2.20. The topological polar surface area (TPSA) is 74.4 Å². The van der Waals surface area contributed by atoms with E-state index in [1.54, 1.807) is 24.3 Å². The summed E-state index contributed by atoms with van der Waals surface area (Å²) in [5, 5.41) is 0. The van der Waals surface area contributed by atoms with Crippen LogP contribution in [0.25, 0.3) is 0 Å². The van der Waals surface area contributed by atoms with E-state index in [4.69, 9.17) is 18.9 Å². The molecule has 6 nitrogen and oxygen atoms in total. The van der Waals surface area contributed by atoms with E-state index in [-0.39, 0.29) is 36.1 Å². The molecule has 2 aliphatic heterocycles. The minimum atomic E-state index is -0.520. The van der Waals surface area contributed by atoms with Crippen LogP contribution in [0.15, 0.2) is 36.4 Å². The number of rotatable bonds is 2. The Labute approximate surface area is 152 Å². The number of benzene rings is 1. The number of carbonyl (C=O) groups excluding carboxylic acids is 2. The largest absolute Gasteiger partial charge is 0.497 e. The summed E-state index contributed by atoms with van der Waals surface area (Å²) >= 11 is 0. The molecular weight excluding hydrogens is 336 g/mol. The molecule has 0 aromatic heterocycles. The van der Waals surface area contributed by atoms with E-state index >= 15 is 0 Å². The van der Waals surface area contributed by atoms with Gasteiger partial charge in [-0.25, -0.2) is 4.79 Å². The van der Waals surface area contributed by atoms with Crippen molar-refractivity contribution in [3.63, 3.8) is 0 Å². The molecule has 138 valence electrons. The number of hydrogen-bond acceptors (Lipinski definition) is 6. The number of cyclic esters (lactones) is 1. The second kappa shape index (κ2) is 7.74. The Morgan fingerprint density at radius 2 is 1.92 bits per heavy atom. The van der Waals surface area contributed by atoms with Gasteiger partial charge in [-0.15, -0.1) is 0 Å². The summed E-state index contributed by atoms with van der Waals surface area (Å²) in [6, 6.07) is 3.27. The fourth-order valence-electron chi connectivity index (χ4n) is 3.01. The number of methoxy groups -OCH3 is 2. The molecule has 0 N–H and O–H groups in total. The average molecular weight is 358 g/mol. The molecule has 3 atom stereocenters. The third kappa shape index (κ3) is 4.14. The number of esters is 1. The molecule has 1 aromatic carbocycles. The van der Waals surface area contributed by atoms with Crippen LogP contribution < -0.4 is 9.47 Å². The smallest absolute Gasteiger partial charge is 0.342 e. The Morgan fingerprint density at radius 3 is 2.65 bits per heavy atom. The van der Waals surface area contributed by atoms with Crippen LogP contribution in [0.4, 0.5) is 0 Å². The van der Waals surface area contributed by atoms with Crippen molar-refractivity contribution in [3.05, 3.63) is 47.6 Å². The molecule has 1 saturated heterocycles. The highest BCUT2D eigenvalue weighted by Crippen LogP contribution is 2.32. The van der Waals surface area contributed by atoms with E-state index in [0.717, 1.165) is 0 Å². The lowest BCUT2D eigenvalue weighted by molar-refractivity contribution is -0.114. The van der Waals surface area contributed by atoms with E-state index < -0.39 is 5.97 Å². The van der Waals surface area contributed by atoms with Gasteiger partial charge in [0.2, 0.25) is 0 Å². The highest BCUT2D eigenvalue weighted by Gasteiger charge is 2.38. The van der Waals surface area contributed by atoms with Gasteiger partial charge < -0.3 is 18.9 Å². The number of ketones is 1. The standard InChI is InChI=1S/C20H22O6/c1-12-8-17-16(26-17)7-5-4-6-14(21)9-13-10-15(23-2)11-18(24-3)19(13)20(22)25-12/h4-7,10-12,16-17H,8-9H2,1-3H3/b6-4+,7-5-/t12-,16+,17+/m1/s1. The molecule has 0 amide bonds. The van der Waals surface area contributed by atoms with Gasteiger partial charge in [0, 0.05) is 18.9 Å². The number of ether oxygens (including phenoxy) is 4. The van der Waals surface area contributed by atoms with Crippen LogP contribution in [0.3, 0.4) is 0 Å². The van der Waals surface area contributed by atoms with E-state index in [1.165, 1.54) is 20.3 Å². The molecule has 0 aliphatic carbocycles. The minimum Gasteiger partial charge on any atom is -0.497 e. The van der Waals surface area contributed by atoms with Crippen LogP contribution in [-0.4, -0.2) is 44.3 Å². The predicted octanol–water partition coefficient (Wildman–Crippen LogP) is 2.64. The van der Waals surface area contributed by atoms with Crippen LogP contribution in [0.2, 0.25) is 0 Å². The van der Waals surface area contributed by atoms with Crippen LogP contribution >= 0.6 is 0 Å². The second-order valence-electron chi connectivity index (χ2n) is 6.34. The zero-order chi connectivity index (χ0) is 18.7. The molecular formula is C20H22O6. The maximum absolute atomic E-state index is 12.8. The van der Waals surface area contributed by atoms with Crippen LogP contribution in [-0.2, 0) is 20.7 Å². The first-order valence-corrected chi connectivity index (χ1v) is 8.51. The highest BCUT2D eigenvalue weighted by molar-refractivity contribution is 5.98. The molecule has 3 rings (SSSR count). The maximum Gasteiger partial charge on any atom is 0.342 e. The minimum absolute atomic E-state index is 0.00456. The van der Waals surface area contributed by atoms with Crippen molar-refractivity contribution in [3.8, 4) is 11.5 Å².